The van der Waals surface area contributed by atoms with Crippen LogP contribution in [0.2, 0.25) is 0 Å². The van der Waals surface area contributed by atoms with Crippen LogP contribution >= 0.6 is 0 Å². The predicted octanol–water partition coefficient (Wildman–Crippen LogP) is 2.86. The number of alkyl carbamates (subject to hydrolysis) is 2. The zero-order valence-corrected chi connectivity index (χ0v) is 18.7. The number of carbonyl (C=O) groups excluding carboxylic acids is 2. The van der Waals surface area contributed by atoms with Crippen molar-refractivity contribution in [3.8, 4) is 0 Å². The van der Waals surface area contributed by atoms with Gasteiger partial charge in [-0.05, 0) is 80.3 Å². The van der Waals surface area contributed by atoms with Gasteiger partial charge < -0.3 is 30.7 Å². The van der Waals surface area contributed by atoms with Crippen LogP contribution in [0.15, 0.2) is 0 Å². The number of unbranched alkanes of at least 4 members (excludes halogenated alkanes) is 2. The second kappa shape index (κ2) is 13.6. The zero-order valence-electron chi connectivity index (χ0n) is 18.7. The molecule has 0 heterocycles. The lowest BCUT2D eigenvalue weighted by Crippen LogP contribution is -2.35. The Hall–Kier alpha value is -1.54. The Morgan fingerprint density at radius 1 is 0.750 bits per heavy atom. The molecule has 166 valence electrons. The summed E-state index contributed by atoms with van der Waals surface area (Å²) in [6.07, 6.45) is 2.99. The first-order chi connectivity index (χ1) is 12.9. The Bertz CT molecular complexity index is 406. The standard InChI is InChI=1S/C20H42N4O4/c1-19(2,3)27-17(25)22-12-7-9-14-24(16-11-21)15-10-8-13-23-18(26)28-20(4,5)6/h7-16,21H2,1-6H3,(H,22,25)(H,23,26). The molecule has 0 aliphatic rings. The number of hydrogen-bond acceptors (Lipinski definition) is 6. The Morgan fingerprint density at radius 2 is 1.14 bits per heavy atom. The van der Waals surface area contributed by atoms with E-state index in [1.165, 1.54) is 0 Å². The quantitative estimate of drug-likeness (QED) is 0.434. The van der Waals surface area contributed by atoms with Crippen molar-refractivity contribution >= 4 is 12.2 Å². The number of nitrogens with two attached hydrogens (primary N) is 1. The minimum absolute atomic E-state index is 0.371. The molecule has 28 heavy (non-hydrogen) atoms. The monoisotopic (exact) mass is 402 g/mol. The minimum atomic E-state index is -0.472. The van der Waals surface area contributed by atoms with E-state index in [0.717, 1.165) is 45.3 Å². The molecule has 0 radical (unpaired) electrons. The summed E-state index contributed by atoms with van der Waals surface area (Å²) in [7, 11) is 0. The van der Waals surface area contributed by atoms with Gasteiger partial charge in [-0.1, -0.05) is 0 Å². The molecule has 0 spiro atoms. The third kappa shape index (κ3) is 17.9. The fourth-order valence-electron chi connectivity index (χ4n) is 2.45. The number of rotatable bonds is 12. The van der Waals surface area contributed by atoms with E-state index in [-0.39, 0.29) is 12.2 Å². The molecule has 0 aliphatic carbocycles. The van der Waals surface area contributed by atoms with Gasteiger partial charge in [-0.15, -0.1) is 0 Å². The largest absolute Gasteiger partial charge is 0.444 e. The number of amides is 2. The van der Waals surface area contributed by atoms with Crippen molar-refractivity contribution in [2.24, 2.45) is 5.73 Å². The van der Waals surface area contributed by atoms with Crippen molar-refractivity contribution in [3.63, 3.8) is 0 Å². The summed E-state index contributed by atoms with van der Waals surface area (Å²) >= 11 is 0. The molecule has 2 amide bonds. The molecule has 0 aliphatic heterocycles. The van der Waals surface area contributed by atoms with Gasteiger partial charge in [0.2, 0.25) is 0 Å². The molecule has 0 unspecified atom stereocenters. The Morgan fingerprint density at radius 3 is 1.46 bits per heavy atom. The summed E-state index contributed by atoms with van der Waals surface area (Å²) < 4.78 is 10.4. The Kier molecular flexibility index (Phi) is 12.9. The summed E-state index contributed by atoms with van der Waals surface area (Å²) in [6.45, 7) is 15.6. The number of nitrogens with zero attached hydrogens (tertiary/aromatic N) is 1. The van der Waals surface area contributed by atoms with Crippen molar-refractivity contribution in [3.05, 3.63) is 0 Å². The Labute approximate surface area is 170 Å². The van der Waals surface area contributed by atoms with Crippen molar-refractivity contribution in [1.82, 2.24) is 15.5 Å². The van der Waals surface area contributed by atoms with Crippen LogP contribution < -0.4 is 16.4 Å². The van der Waals surface area contributed by atoms with Gasteiger partial charge in [-0.2, -0.15) is 0 Å². The van der Waals surface area contributed by atoms with Crippen molar-refractivity contribution in [2.75, 3.05) is 39.3 Å². The van der Waals surface area contributed by atoms with E-state index in [9.17, 15) is 9.59 Å². The molecular weight excluding hydrogens is 360 g/mol. The maximum absolute atomic E-state index is 11.6. The third-order valence-corrected chi connectivity index (χ3v) is 3.58. The van der Waals surface area contributed by atoms with Gasteiger partial charge in [-0.3, -0.25) is 0 Å². The minimum Gasteiger partial charge on any atom is -0.444 e. The average molecular weight is 403 g/mol. The van der Waals surface area contributed by atoms with Gasteiger partial charge in [0.1, 0.15) is 11.2 Å². The first-order valence-electron chi connectivity index (χ1n) is 10.3. The fourth-order valence-corrected chi connectivity index (χ4v) is 2.45. The maximum Gasteiger partial charge on any atom is 0.407 e. The third-order valence-electron chi connectivity index (χ3n) is 3.58. The molecule has 0 rings (SSSR count). The molecule has 0 aromatic rings. The topological polar surface area (TPSA) is 106 Å². The van der Waals surface area contributed by atoms with Crippen LogP contribution in [0, 0.1) is 0 Å². The van der Waals surface area contributed by atoms with Gasteiger partial charge >= 0.3 is 12.2 Å². The fraction of sp³-hybridized carbons (Fsp3) is 0.900. The van der Waals surface area contributed by atoms with E-state index < -0.39 is 11.2 Å². The summed E-state index contributed by atoms with van der Waals surface area (Å²) in [6, 6.07) is 0. The van der Waals surface area contributed by atoms with E-state index in [1.54, 1.807) is 0 Å². The maximum atomic E-state index is 11.6. The van der Waals surface area contributed by atoms with E-state index in [2.05, 4.69) is 15.5 Å². The summed E-state index contributed by atoms with van der Waals surface area (Å²) in [5.74, 6) is 0. The van der Waals surface area contributed by atoms with Crippen LogP contribution in [0.1, 0.15) is 67.2 Å². The van der Waals surface area contributed by atoms with Gasteiger partial charge in [0.05, 0.1) is 0 Å². The predicted molar refractivity (Wildman–Crippen MR) is 112 cm³/mol. The molecule has 4 N–H and O–H groups in total. The molecule has 8 heteroatoms. The summed E-state index contributed by atoms with van der Waals surface area (Å²) in [4.78, 5) is 25.5. The SMILES string of the molecule is CC(C)(C)OC(=O)NCCCCN(CCN)CCCCNC(=O)OC(C)(C)C. The van der Waals surface area contributed by atoms with Crippen LogP contribution in [0.4, 0.5) is 9.59 Å². The van der Waals surface area contributed by atoms with Gasteiger partial charge in [0.15, 0.2) is 0 Å². The highest BCUT2D eigenvalue weighted by Gasteiger charge is 2.16. The second-order valence-corrected chi connectivity index (χ2v) is 8.90. The number of ether oxygens (including phenoxy) is 2. The Balaban J connectivity index is 3.83. The lowest BCUT2D eigenvalue weighted by atomic mass is 10.2. The van der Waals surface area contributed by atoms with Crippen LogP contribution in [-0.4, -0.2) is 67.6 Å². The van der Waals surface area contributed by atoms with Crippen LogP contribution in [0.3, 0.4) is 0 Å². The molecule has 0 atom stereocenters. The normalized spacial score (nSPS) is 12.0. The van der Waals surface area contributed by atoms with E-state index in [1.807, 2.05) is 41.5 Å². The molecule has 0 fully saturated rings. The first-order valence-corrected chi connectivity index (χ1v) is 10.3. The van der Waals surface area contributed by atoms with Crippen molar-refractivity contribution in [2.45, 2.75) is 78.4 Å². The van der Waals surface area contributed by atoms with Gasteiger partial charge in [0.25, 0.3) is 0 Å². The van der Waals surface area contributed by atoms with E-state index in [4.69, 9.17) is 15.2 Å². The average Bonchev–Trinajstić information content (AvgIpc) is 2.50. The number of nitrogens with one attached hydrogen (secondary N) is 2. The highest BCUT2D eigenvalue weighted by Crippen LogP contribution is 2.07. The first kappa shape index (κ1) is 26.5. The smallest absolute Gasteiger partial charge is 0.407 e. The number of carbonyl (C=O) groups is 2. The lowest BCUT2D eigenvalue weighted by Gasteiger charge is -2.22. The molecule has 0 saturated carbocycles. The van der Waals surface area contributed by atoms with E-state index >= 15 is 0 Å². The van der Waals surface area contributed by atoms with Gasteiger partial charge in [-0.25, -0.2) is 9.59 Å². The molecule has 0 saturated heterocycles. The highest BCUT2D eigenvalue weighted by atomic mass is 16.6. The molecule has 0 bridgehead atoms. The lowest BCUT2D eigenvalue weighted by molar-refractivity contribution is 0.0515. The van der Waals surface area contributed by atoms with Crippen LogP contribution in [0.5, 0.6) is 0 Å². The molecular formula is C20H42N4O4. The van der Waals surface area contributed by atoms with Crippen molar-refractivity contribution in [1.29, 1.82) is 0 Å². The van der Waals surface area contributed by atoms with Crippen LogP contribution in [0.25, 0.3) is 0 Å². The van der Waals surface area contributed by atoms with Gasteiger partial charge in [0, 0.05) is 26.2 Å². The molecule has 8 nitrogen and oxygen atoms in total. The summed E-state index contributed by atoms with van der Waals surface area (Å²) in [5, 5.41) is 5.55. The van der Waals surface area contributed by atoms with Crippen molar-refractivity contribution < 1.29 is 19.1 Å². The molecule has 0 aromatic heterocycles. The second-order valence-electron chi connectivity index (χ2n) is 8.90. The molecule has 0 aromatic carbocycles. The highest BCUT2D eigenvalue weighted by molar-refractivity contribution is 5.67. The summed E-state index contributed by atoms with van der Waals surface area (Å²) in [5.41, 5.74) is 4.75. The van der Waals surface area contributed by atoms with E-state index in [0.29, 0.717) is 19.6 Å². The number of hydrogen-bond donors (Lipinski definition) is 3. The zero-order chi connectivity index (χ0) is 21.6. The van der Waals surface area contributed by atoms with Crippen LogP contribution in [-0.2, 0) is 9.47 Å².